The van der Waals surface area contributed by atoms with Crippen LogP contribution in [0.3, 0.4) is 0 Å². The normalized spacial score (nSPS) is 12.1. The van der Waals surface area contributed by atoms with E-state index >= 15 is 0 Å². The number of amides is 2. The number of ether oxygens (including phenoxy) is 2. The zero-order chi connectivity index (χ0) is 21.6. The fourth-order valence-corrected chi connectivity index (χ4v) is 2.94. The Bertz CT molecular complexity index is 877. The summed E-state index contributed by atoms with van der Waals surface area (Å²) in [6, 6.07) is 12.7. The van der Waals surface area contributed by atoms with Crippen LogP contribution in [0.1, 0.15) is 43.6 Å². The molecule has 0 aliphatic rings. The Morgan fingerprint density at radius 2 is 1.83 bits per heavy atom. The van der Waals surface area contributed by atoms with Crippen molar-refractivity contribution in [3.63, 3.8) is 0 Å². The predicted molar refractivity (Wildman–Crippen MR) is 115 cm³/mol. The smallest absolute Gasteiger partial charge is 0.315 e. The van der Waals surface area contributed by atoms with Crippen LogP contribution in [0.5, 0.6) is 11.5 Å². The van der Waals surface area contributed by atoms with Crippen LogP contribution in [-0.2, 0) is 5.54 Å². The quantitative estimate of drug-likeness (QED) is 0.628. The van der Waals surface area contributed by atoms with E-state index in [0.717, 1.165) is 16.7 Å². The molecule has 0 spiro atoms. The standard InChI is InChI=1S/C23H30N2O4/c1-15(2)16-8-7-9-18(12-16)23(3,4)25-22(27)24-14-19(26)17-10-11-20(28-5)21(13-17)29-6/h7-13,19,26H,1,14H2,2-6H3,(H2,24,25,27). The highest BCUT2D eigenvalue weighted by molar-refractivity contribution is 5.75. The second-order valence-electron chi connectivity index (χ2n) is 7.45. The number of carbonyl (C=O) groups excluding carboxylic acids is 1. The number of aliphatic hydroxyl groups is 1. The van der Waals surface area contributed by atoms with Crippen molar-refractivity contribution >= 4 is 11.6 Å². The van der Waals surface area contributed by atoms with Crippen LogP contribution < -0.4 is 20.1 Å². The number of benzene rings is 2. The third-order valence-corrected chi connectivity index (χ3v) is 4.75. The van der Waals surface area contributed by atoms with Gasteiger partial charge in [-0.1, -0.05) is 36.4 Å². The Morgan fingerprint density at radius 1 is 1.14 bits per heavy atom. The highest BCUT2D eigenvalue weighted by atomic mass is 16.5. The van der Waals surface area contributed by atoms with Crippen molar-refractivity contribution in [1.29, 1.82) is 0 Å². The van der Waals surface area contributed by atoms with Crippen LogP contribution >= 0.6 is 0 Å². The number of methoxy groups -OCH3 is 2. The number of allylic oxidation sites excluding steroid dienone is 1. The van der Waals surface area contributed by atoms with Gasteiger partial charge in [-0.15, -0.1) is 0 Å². The molecule has 0 bridgehead atoms. The first kappa shape index (κ1) is 22.3. The molecule has 1 atom stereocenters. The molecule has 0 aliphatic heterocycles. The highest BCUT2D eigenvalue weighted by Crippen LogP contribution is 2.30. The second-order valence-corrected chi connectivity index (χ2v) is 7.45. The summed E-state index contributed by atoms with van der Waals surface area (Å²) in [7, 11) is 3.08. The number of hydrogen-bond donors (Lipinski definition) is 3. The van der Waals surface area contributed by atoms with Gasteiger partial charge in [0.2, 0.25) is 0 Å². The first-order valence-corrected chi connectivity index (χ1v) is 9.40. The maximum Gasteiger partial charge on any atom is 0.315 e. The molecule has 2 amide bonds. The maximum atomic E-state index is 12.4. The predicted octanol–water partition coefficient (Wildman–Crippen LogP) is 4.00. The summed E-state index contributed by atoms with van der Waals surface area (Å²) in [4.78, 5) is 12.4. The lowest BCUT2D eigenvalue weighted by Crippen LogP contribution is -2.47. The van der Waals surface area contributed by atoms with Crippen molar-refractivity contribution in [2.75, 3.05) is 20.8 Å². The van der Waals surface area contributed by atoms with Crippen LogP contribution in [0.15, 0.2) is 49.0 Å². The van der Waals surface area contributed by atoms with Gasteiger partial charge in [-0.2, -0.15) is 0 Å². The number of carbonyl (C=O) groups is 1. The molecule has 0 saturated carbocycles. The lowest BCUT2D eigenvalue weighted by molar-refractivity contribution is 0.170. The Hall–Kier alpha value is -2.99. The number of urea groups is 1. The van der Waals surface area contributed by atoms with Crippen LogP contribution in [0.25, 0.3) is 5.57 Å². The van der Waals surface area contributed by atoms with E-state index in [-0.39, 0.29) is 12.6 Å². The van der Waals surface area contributed by atoms with E-state index in [4.69, 9.17) is 9.47 Å². The van der Waals surface area contributed by atoms with Gasteiger partial charge in [0.25, 0.3) is 0 Å². The van der Waals surface area contributed by atoms with Gasteiger partial charge in [0, 0.05) is 6.54 Å². The van der Waals surface area contributed by atoms with E-state index in [1.165, 1.54) is 7.11 Å². The van der Waals surface area contributed by atoms with Gasteiger partial charge in [-0.05, 0) is 55.7 Å². The van der Waals surface area contributed by atoms with Gasteiger partial charge < -0.3 is 25.2 Å². The lowest BCUT2D eigenvalue weighted by Gasteiger charge is -2.28. The molecule has 0 heterocycles. The summed E-state index contributed by atoms with van der Waals surface area (Å²) in [5.74, 6) is 1.10. The topological polar surface area (TPSA) is 79.8 Å². The Balaban J connectivity index is 2.00. The van der Waals surface area contributed by atoms with Crippen LogP contribution in [0, 0.1) is 0 Å². The summed E-state index contributed by atoms with van der Waals surface area (Å²) in [6.07, 6.45) is -0.879. The molecule has 156 valence electrons. The van der Waals surface area contributed by atoms with Crippen molar-refractivity contribution in [3.8, 4) is 11.5 Å². The fraction of sp³-hybridized carbons (Fsp3) is 0.348. The molecule has 0 saturated heterocycles. The molecule has 0 aliphatic carbocycles. The zero-order valence-corrected chi connectivity index (χ0v) is 17.7. The van der Waals surface area contributed by atoms with Crippen LogP contribution in [-0.4, -0.2) is 31.9 Å². The van der Waals surface area contributed by atoms with E-state index in [1.54, 1.807) is 25.3 Å². The molecule has 6 nitrogen and oxygen atoms in total. The second kappa shape index (κ2) is 9.47. The summed E-state index contributed by atoms with van der Waals surface area (Å²) >= 11 is 0. The minimum Gasteiger partial charge on any atom is -0.493 e. The van der Waals surface area contributed by atoms with Crippen molar-refractivity contribution in [2.24, 2.45) is 0 Å². The van der Waals surface area contributed by atoms with Gasteiger partial charge in [-0.25, -0.2) is 4.79 Å². The van der Waals surface area contributed by atoms with Gasteiger partial charge in [0.1, 0.15) is 0 Å². The minimum absolute atomic E-state index is 0.0587. The molecule has 29 heavy (non-hydrogen) atoms. The van der Waals surface area contributed by atoms with Gasteiger partial charge in [0.15, 0.2) is 11.5 Å². The first-order valence-electron chi connectivity index (χ1n) is 9.40. The van der Waals surface area contributed by atoms with E-state index in [0.29, 0.717) is 17.1 Å². The van der Waals surface area contributed by atoms with Crippen LogP contribution in [0.4, 0.5) is 4.79 Å². The molecule has 2 aromatic rings. The average Bonchev–Trinajstić information content (AvgIpc) is 2.71. The molecule has 1 unspecified atom stereocenters. The molecule has 6 heteroatoms. The van der Waals surface area contributed by atoms with Crippen LogP contribution in [0.2, 0.25) is 0 Å². The maximum absolute atomic E-state index is 12.4. The molecule has 3 N–H and O–H groups in total. The molecule has 0 aromatic heterocycles. The summed E-state index contributed by atoms with van der Waals surface area (Å²) in [5.41, 5.74) is 2.99. The average molecular weight is 399 g/mol. The van der Waals surface area contributed by atoms with Crippen molar-refractivity contribution in [1.82, 2.24) is 10.6 Å². The van der Waals surface area contributed by atoms with Gasteiger partial charge in [-0.3, -0.25) is 0 Å². The highest BCUT2D eigenvalue weighted by Gasteiger charge is 2.23. The summed E-state index contributed by atoms with van der Waals surface area (Å²) < 4.78 is 10.4. The number of nitrogens with one attached hydrogen (secondary N) is 2. The zero-order valence-electron chi connectivity index (χ0n) is 17.7. The lowest BCUT2D eigenvalue weighted by atomic mass is 9.92. The number of aliphatic hydroxyl groups excluding tert-OH is 1. The minimum atomic E-state index is -0.879. The van der Waals surface area contributed by atoms with E-state index in [1.807, 2.05) is 45.0 Å². The SMILES string of the molecule is C=C(C)c1cccc(C(C)(C)NC(=O)NCC(O)c2ccc(OC)c(OC)c2)c1. The summed E-state index contributed by atoms with van der Waals surface area (Å²) in [6.45, 7) is 9.82. The molecular weight excluding hydrogens is 368 g/mol. The monoisotopic (exact) mass is 398 g/mol. The number of rotatable bonds is 8. The fourth-order valence-electron chi connectivity index (χ4n) is 2.94. The van der Waals surface area contributed by atoms with Crippen molar-refractivity contribution < 1.29 is 19.4 Å². The molecular formula is C23H30N2O4. The van der Waals surface area contributed by atoms with Gasteiger partial charge >= 0.3 is 6.03 Å². The molecule has 0 radical (unpaired) electrons. The molecule has 0 fully saturated rings. The summed E-state index contributed by atoms with van der Waals surface area (Å²) in [5, 5.41) is 16.1. The Labute approximate surface area is 172 Å². The molecule has 2 rings (SSSR count). The van der Waals surface area contributed by atoms with Crippen molar-refractivity contribution in [3.05, 3.63) is 65.7 Å². The number of hydrogen-bond acceptors (Lipinski definition) is 4. The third-order valence-electron chi connectivity index (χ3n) is 4.75. The van der Waals surface area contributed by atoms with E-state index < -0.39 is 11.6 Å². The first-order chi connectivity index (χ1) is 13.7. The Morgan fingerprint density at radius 3 is 2.45 bits per heavy atom. The van der Waals surface area contributed by atoms with Gasteiger partial charge in [0.05, 0.1) is 25.9 Å². The van der Waals surface area contributed by atoms with E-state index in [2.05, 4.69) is 17.2 Å². The van der Waals surface area contributed by atoms with Crippen molar-refractivity contribution in [2.45, 2.75) is 32.4 Å². The third kappa shape index (κ3) is 5.74. The Kier molecular flexibility index (Phi) is 7.29. The largest absolute Gasteiger partial charge is 0.493 e. The molecule has 2 aromatic carbocycles. The van der Waals surface area contributed by atoms with E-state index in [9.17, 15) is 9.90 Å².